The number of aromatic nitrogens is 1. The van der Waals surface area contributed by atoms with Crippen molar-refractivity contribution in [3.63, 3.8) is 0 Å². The first kappa shape index (κ1) is 20.3. The third-order valence-corrected chi connectivity index (χ3v) is 7.25. The number of ketones is 2. The summed E-state index contributed by atoms with van der Waals surface area (Å²) in [5.41, 5.74) is 11.6. The number of nitrogens with two attached hydrogens (primary N) is 1. The number of thiophene rings is 1. The van der Waals surface area contributed by atoms with Crippen LogP contribution in [0.1, 0.15) is 31.2 Å². The molecule has 0 spiro atoms. The van der Waals surface area contributed by atoms with Crippen molar-refractivity contribution < 1.29 is 14.3 Å². The van der Waals surface area contributed by atoms with Crippen LogP contribution < -0.4 is 10.5 Å². The summed E-state index contributed by atoms with van der Waals surface area (Å²) in [7, 11) is 1.61. The average Bonchev–Trinajstić information content (AvgIpc) is 3.37. The number of rotatable bonds is 4. The minimum absolute atomic E-state index is 0.0904. The highest BCUT2D eigenvalue weighted by Gasteiger charge is 2.34. The summed E-state index contributed by atoms with van der Waals surface area (Å²) in [6.45, 7) is 0. The smallest absolute Gasteiger partial charge is 0.205 e. The molecule has 0 amide bonds. The summed E-state index contributed by atoms with van der Waals surface area (Å²) in [5.74, 6) is 0.458. The summed E-state index contributed by atoms with van der Waals surface area (Å²) in [4.78, 5) is 32.8. The van der Waals surface area contributed by atoms with Crippen molar-refractivity contribution in [2.75, 3.05) is 12.8 Å². The fourth-order valence-corrected chi connectivity index (χ4v) is 5.59. The lowest BCUT2D eigenvalue weighted by Crippen LogP contribution is -2.03. The Labute approximate surface area is 199 Å². The van der Waals surface area contributed by atoms with Gasteiger partial charge in [-0.15, -0.1) is 11.3 Å². The van der Waals surface area contributed by atoms with Crippen molar-refractivity contribution >= 4 is 38.8 Å². The van der Waals surface area contributed by atoms with Crippen molar-refractivity contribution in [3.8, 4) is 28.1 Å². The van der Waals surface area contributed by atoms with Crippen LogP contribution >= 0.6 is 11.3 Å². The zero-order valence-electron chi connectivity index (χ0n) is 18.2. The van der Waals surface area contributed by atoms with Gasteiger partial charge in [-0.3, -0.25) is 9.59 Å². The topological polar surface area (TPSA) is 82.3 Å². The van der Waals surface area contributed by atoms with Crippen molar-refractivity contribution in [2.24, 2.45) is 0 Å². The number of benzene rings is 3. The molecule has 0 fully saturated rings. The normalized spacial score (nSPS) is 12.0. The van der Waals surface area contributed by atoms with E-state index in [2.05, 4.69) is 0 Å². The molecule has 5 aromatic rings. The first-order valence-electron chi connectivity index (χ1n) is 10.7. The second-order valence-corrected chi connectivity index (χ2v) is 9.03. The van der Waals surface area contributed by atoms with E-state index in [4.69, 9.17) is 15.5 Å². The van der Waals surface area contributed by atoms with E-state index < -0.39 is 0 Å². The molecule has 0 aliphatic heterocycles. The van der Waals surface area contributed by atoms with E-state index in [0.29, 0.717) is 54.5 Å². The summed E-state index contributed by atoms with van der Waals surface area (Å²) in [6, 6.07) is 24.0. The molecule has 0 saturated carbocycles. The van der Waals surface area contributed by atoms with E-state index >= 15 is 0 Å². The van der Waals surface area contributed by atoms with Crippen LogP contribution in [0.25, 0.3) is 32.6 Å². The van der Waals surface area contributed by atoms with E-state index in [1.807, 2.05) is 66.7 Å². The van der Waals surface area contributed by atoms with Crippen LogP contribution in [0.2, 0.25) is 0 Å². The number of nitrogens with zero attached hydrogens (tertiary/aromatic N) is 1. The van der Waals surface area contributed by atoms with Crippen molar-refractivity contribution in [1.82, 2.24) is 4.98 Å². The molecule has 1 aliphatic rings. The molecular formula is C28H18N2O3S. The third kappa shape index (κ3) is 2.89. The van der Waals surface area contributed by atoms with Crippen LogP contribution in [-0.4, -0.2) is 23.7 Å². The quantitative estimate of drug-likeness (QED) is 0.325. The molecule has 2 heterocycles. The summed E-state index contributed by atoms with van der Waals surface area (Å²) in [6.07, 6.45) is 0. The standard InChI is InChI=1S/C28H18N2O3S/c1-33-17-13-11-15(12-14-17)20-21-23(29)27(25(31)16-7-3-2-4-8-16)34-28(21)30-24-18-9-5-6-10-19(18)26(32)22(20)24/h2-14H,29H2,1H3. The molecule has 6 rings (SSSR count). The molecule has 34 heavy (non-hydrogen) atoms. The van der Waals surface area contributed by atoms with E-state index in [0.717, 1.165) is 11.1 Å². The van der Waals surface area contributed by atoms with Crippen LogP contribution in [0.3, 0.4) is 0 Å². The van der Waals surface area contributed by atoms with Gasteiger partial charge in [0.05, 0.1) is 24.1 Å². The minimum atomic E-state index is -0.159. The Morgan fingerprint density at radius 2 is 1.56 bits per heavy atom. The summed E-state index contributed by atoms with van der Waals surface area (Å²) < 4.78 is 5.32. The third-order valence-electron chi connectivity index (χ3n) is 6.15. The van der Waals surface area contributed by atoms with Gasteiger partial charge in [0.25, 0.3) is 0 Å². The second-order valence-electron chi connectivity index (χ2n) is 8.03. The maximum atomic E-state index is 13.6. The van der Waals surface area contributed by atoms with Gasteiger partial charge in [0.15, 0.2) is 5.78 Å². The maximum Gasteiger partial charge on any atom is 0.205 e. The number of methoxy groups -OCH3 is 1. The lowest BCUT2D eigenvalue weighted by molar-refractivity contribution is 0.103. The van der Waals surface area contributed by atoms with Gasteiger partial charge in [-0.2, -0.15) is 0 Å². The van der Waals surface area contributed by atoms with Crippen molar-refractivity contribution in [3.05, 3.63) is 100 Å². The molecule has 0 atom stereocenters. The molecule has 2 N–H and O–H groups in total. The molecule has 164 valence electrons. The number of hydrogen-bond donors (Lipinski definition) is 1. The molecule has 2 aromatic heterocycles. The van der Waals surface area contributed by atoms with E-state index in [-0.39, 0.29) is 11.6 Å². The Morgan fingerprint density at radius 3 is 2.26 bits per heavy atom. The van der Waals surface area contributed by atoms with Gasteiger partial charge < -0.3 is 10.5 Å². The Hall–Kier alpha value is -4.29. The Balaban J connectivity index is 1.68. The highest BCUT2D eigenvalue weighted by Crippen LogP contribution is 2.48. The molecule has 0 saturated heterocycles. The van der Waals surface area contributed by atoms with Gasteiger partial charge in [0.2, 0.25) is 5.78 Å². The zero-order valence-corrected chi connectivity index (χ0v) is 19.0. The number of anilines is 1. The van der Waals surface area contributed by atoms with Crippen molar-refractivity contribution in [2.45, 2.75) is 0 Å². The van der Waals surface area contributed by atoms with E-state index in [9.17, 15) is 9.59 Å². The minimum Gasteiger partial charge on any atom is -0.497 e. The number of pyridine rings is 1. The van der Waals surface area contributed by atoms with E-state index in [1.54, 1.807) is 19.2 Å². The highest BCUT2D eigenvalue weighted by molar-refractivity contribution is 7.21. The number of carbonyl (C=O) groups excluding carboxylic acids is 2. The summed E-state index contributed by atoms with van der Waals surface area (Å²) >= 11 is 1.26. The Morgan fingerprint density at radius 1 is 0.882 bits per heavy atom. The number of fused-ring (bicyclic) bond motifs is 4. The Bertz CT molecular complexity index is 1620. The second kappa shape index (κ2) is 7.64. The molecule has 6 heteroatoms. The predicted molar refractivity (Wildman–Crippen MR) is 135 cm³/mol. The summed E-state index contributed by atoms with van der Waals surface area (Å²) in [5, 5.41) is 0.634. The fourth-order valence-electron chi connectivity index (χ4n) is 4.53. The SMILES string of the molecule is COc1ccc(-c2c3c(nc4sc(C(=O)c5ccccc5)c(N)c24)-c2ccccc2C3=O)cc1. The van der Waals surface area contributed by atoms with Crippen LogP contribution in [0, 0.1) is 0 Å². The number of hydrogen-bond acceptors (Lipinski definition) is 6. The monoisotopic (exact) mass is 462 g/mol. The van der Waals surface area contributed by atoms with Gasteiger partial charge in [-0.1, -0.05) is 66.7 Å². The first-order valence-corrected chi connectivity index (χ1v) is 11.5. The lowest BCUT2D eigenvalue weighted by atomic mass is 9.94. The van der Waals surface area contributed by atoms with Crippen LogP contribution in [0.15, 0.2) is 78.9 Å². The molecule has 0 bridgehead atoms. The predicted octanol–water partition coefficient (Wildman–Crippen LogP) is 6.00. The molecule has 0 unspecified atom stereocenters. The Kier molecular flexibility index (Phi) is 4.57. The number of nitrogen functional groups attached to an aromatic ring is 1. The number of ether oxygens (including phenoxy) is 1. The van der Waals surface area contributed by atoms with Crippen LogP contribution in [-0.2, 0) is 0 Å². The average molecular weight is 463 g/mol. The molecular weight excluding hydrogens is 444 g/mol. The van der Waals surface area contributed by atoms with Gasteiger partial charge in [-0.25, -0.2) is 4.98 Å². The molecule has 5 nitrogen and oxygen atoms in total. The molecule has 1 aliphatic carbocycles. The van der Waals surface area contributed by atoms with Gasteiger partial charge in [0.1, 0.15) is 15.5 Å². The molecule has 3 aromatic carbocycles. The zero-order chi connectivity index (χ0) is 23.4. The van der Waals surface area contributed by atoms with Gasteiger partial charge in [0, 0.05) is 27.6 Å². The lowest BCUT2D eigenvalue weighted by Gasteiger charge is -2.11. The fraction of sp³-hybridized carbons (Fsp3) is 0.0357. The van der Waals surface area contributed by atoms with Crippen LogP contribution in [0.5, 0.6) is 5.75 Å². The van der Waals surface area contributed by atoms with Crippen LogP contribution in [0.4, 0.5) is 5.69 Å². The number of carbonyl (C=O) groups is 2. The van der Waals surface area contributed by atoms with E-state index in [1.165, 1.54) is 11.3 Å². The molecule has 0 radical (unpaired) electrons. The highest BCUT2D eigenvalue weighted by atomic mass is 32.1. The first-order chi connectivity index (χ1) is 16.6. The van der Waals surface area contributed by atoms with Gasteiger partial charge in [-0.05, 0) is 17.7 Å². The maximum absolute atomic E-state index is 13.6. The van der Waals surface area contributed by atoms with Gasteiger partial charge >= 0.3 is 0 Å². The van der Waals surface area contributed by atoms with Crippen molar-refractivity contribution in [1.29, 1.82) is 0 Å². The largest absolute Gasteiger partial charge is 0.497 e.